The highest BCUT2D eigenvalue weighted by Crippen LogP contribution is 2.29. The van der Waals surface area contributed by atoms with E-state index >= 15 is 0 Å². The van der Waals surface area contributed by atoms with Crippen LogP contribution in [0.3, 0.4) is 0 Å². The summed E-state index contributed by atoms with van der Waals surface area (Å²) in [5.41, 5.74) is 0.873. The van der Waals surface area contributed by atoms with Gasteiger partial charge in [0.25, 0.3) is 15.9 Å². The topological polar surface area (TPSA) is 139 Å². The number of hydrogen-bond donors (Lipinski definition) is 3. The molecule has 0 aromatic heterocycles. The third-order valence-electron chi connectivity index (χ3n) is 4.18. The molecule has 0 heterocycles. The minimum Gasteiger partial charge on any atom is -0.502 e. The first kappa shape index (κ1) is 20.8. The number of amides is 1. The van der Waals surface area contributed by atoms with Crippen molar-refractivity contribution in [1.82, 2.24) is 0 Å². The van der Waals surface area contributed by atoms with Crippen LogP contribution in [0, 0.1) is 17.0 Å². The largest absolute Gasteiger partial charge is 0.502 e. The van der Waals surface area contributed by atoms with Crippen LogP contribution in [-0.2, 0) is 10.0 Å². The van der Waals surface area contributed by atoms with Crippen LogP contribution in [0.2, 0.25) is 0 Å². The Balaban J connectivity index is 1.90. The standard InChI is InChI=1S/C20H17N3O6S/c1-13-6-8-14(9-7-13)21-20(25)16-4-2-3-5-17(16)22-30(28,29)15-10-11-19(24)18(12-15)23(26)27/h2-12,22,24H,1H3,(H,21,25). The molecule has 3 rings (SSSR count). The number of nitro groups is 1. The fraction of sp³-hybridized carbons (Fsp3) is 0.0500. The fourth-order valence-corrected chi connectivity index (χ4v) is 3.73. The Labute approximate surface area is 172 Å². The Morgan fingerprint density at radius 1 is 1.03 bits per heavy atom. The summed E-state index contributed by atoms with van der Waals surface area (Å²) in [4.78, 5) is 22.3. The summed E-state index contributed by atoms with van der Waals surface area (Å²) in [6.07, 6.45) is 0. The van der Waals surface area contributed by atoms with Crippen molar-refractivity contribution >= 4 is 33.0 Å². The van der Waals surface area contributed by atoms with E-state index in [2.05, 4.69) is 10.0 Å². The third kappa shape index (κ3) is 4.55. The van der Waals surface area contributed by atoms with Gasteiger partial charge in [0.15, 0.2) is 5.75 Å². The average molecular weight is 427 g/mol. The summed E-state index contributed by atoms with van der Waals surface area (Å²) in [7, 11) is -4.27. The van der Waals surface area contributed by atoms with E-state index in [0.29, 0.717) is 5.69 Å². The lowest BCUT2D eigenvalue weighted by molar-refractivity contribution is -0.386. The zero-order valence-corrected chi connectivity index (χ0v) is 16.5. The van der Waals surface area contributed by atoms with E-state index in [1.54, 1.807) is 24.3 Å². The maximum Gasteiger partial charge on any atom is 0.312 e. The quantitative estimate of drug-likeness (QED) is 0.405. The maximum absolute atomic E-state index is 12.7. The molecule has 0 radical (unpaired) electrons. The molecule has 154 valence electrons. The van der Waals surface area contributed by atoms with Crippen LogP contribution in [0.4, 0.5) is 17.1 Å². The summed E-state index contributed by atoms with van der Waals surface area (Å²) >= 11 is 0. The molecule has 3 aromatic carbocycles. The van der Waals surface area contributed by atoms with E-state index < -0.39 is 37.2 Å². The van der Waals surface area contributed by atoms with E-state index in [4.69, 9.17) is 0 Å². The number of carbonyl (C=O) groups is 1. The number of phenolic OH excluding ortho intramolecular Hbond substituents is 1. The number of sulfonamides is 1. The van der Waals surface area contributed by atoms with Crippen molar-refractivity contribution in [2.75, 3.05) is 10.0 Å². The number of rotatable bonds is 6. The zero-order valence-electron chi connectivity index (χ0n) is 15.7. The summed E-state index contributed by atoms with van der Waals surface area (Å²) in [6.45, 7) is 1.91. The van der Waals surface area contributed by atoms with Gasteiger partial charge in [0, 0.05) is 11.8 Å². The van der Waals surface area contributed by atoms with Gasteiger partial charge in [0.05, 0.1) is 21.1 Å². The van der Waals surface area contributed by atoms with Crippen molar-refractivity contribution in [2.45, 2.75) is 11.8 Å². The van der Waals surface area contributed by atoms with Crippen LogP contribution in [0.25, 0.3) is 0 Å². The number of nitrogens with one attached hydrogen (secondary N) is 2. The first-order valence-electron chi connectivity index (χ1n) is 8.64. The van der Waals surface area contributed by atoms with Crippen LogP contribution in [0.15, 0.2) is 71.6 Å². The Kier molecular flexibility index (Phi) is 5.70. The first-order valence-corrected chi connectivity index (χ1v) is 10.1. The smallest absolute Gasteiger partial charge is 0.312 e. The second kappa shape index (κ2) is 8.21. The monoisotopic (exact) mass is 427 g/mol. The molecule has 0 saturated heterocycles. The van der Waals surface area contributed by atoms with Gasteiger partial charge < -0.3 is 10.4 Å². The fourth-order valence-electron chi connectivity index (χ4n) is 2.63. The number of anilines is 2. The Morgan fingerprint density at radius 2 is 1.70 bits per heavy atom. The van der Waals surface area contributed by atoms with Gasteiger partial charge in [-0.05, 0) is 43.3 Å². The van der Waals surface area contributed by atoms with Crippen LogP contribution in [-0.4, -0.2) is 24.4 Å². The van der Waals surface area contributed by atoms with Crippen molar-refractivity contribution in [1.29, 1.82) is 0 Å². The molecule has 3 aromatic rings. The second-order valence-electron chi connectivity index (χ2n) is 6.38. The highest BCUT2D eigenvalue weighted by molar-refractivity contribution is 7.92. The Hall–Kier alpha value is -3.92. The predicted octanol–water partition coefficient (Wildman–Crippen LogP) is 3.66. The van der Waals surface area contributed by atoms with Gasteiger partial charge in [-0.1, -0.05) is 29.8 Å². The van der Waals surface area contributed by atoms with Gasteiger partial charge in [-0.15, -0.1) is 0 Å². The van der Waals surface area contributed by atoms with Crippen LogP contribution >= 0.6 is 0 Å². The van der Waals surface area contributed by atoms with Crippen LogP contribution in [0.1, 0.15) is 15.9 Å². The molecule has 0 aliphatic carbocycles. The van der Waals surface area contributed by atoms with Gasteiger partial charge >= 0.3 is 5.69 Å². The molecule has 10 heteroatoms. The summed E-state index contributed by atoms with van der Waals surface area (Å²) < 4.78 is 27.7. The average Bonchev–Trinajstić information content (AvgIpc) is 2.69. The van der Waals surface area contributed by atoms with Gasteiger partial charge in [-0.25, -0.2) is 8.42 Å². The van der Waals surface area contributed by atoms with Crippen molar-refractivity contribution in [2.24, 2.45) is 0 Å². The van der Waals surface area contributed by atoms with Crippen molar-refractivity contribution in [3.63, 3.8) is 0 Å². The van der Waals surface area contributed by atoms with E-state index in [1.807, 2.05) is 19.1 Å². The lowest BCUT2D eigenvalue weighted by Crippen LogP contribution is -2.18. The van der Waals surface area contributed by atoms with Gasteiger partial charge in [0.1, 0.15) is 0 Å². The molecule has 0 fully saturated rings. The summed E-state index contributed by atoms with van der Waals surface area (Å²) in [5, 5.41) is 23.2. The number of aromatic hydroxyl groups is 1. The van der Waals surface area contributed by atoms with Crippen molar-refractivity contribution in [3.05, 3.63) is 88.0 Å². The molecule has 3 N–H and O–H groups in total. The lowest BCUT2D eigenvalue weighted by atomic mass is 10.1. The first-order chi connectivity index (χ1) is 14.2. The zero-order chi connectivity index (χ0) is 21.9. The number of aryl methyl sites for hydroxylation is 1. The van der Waals surface area contributed by atoms with E-state index in [0.717, 1.165) is 23.8 Å². The van der Waals surface area contributed by atoms with Gasteiger partial charge in [-0.2, -0.15) is 0 Å². The minimum atomic E-state index is -4.27. The third-order valence-corrected chi connectivity index (χ3v) is 5.54. The molecule has 0 unspecified atom stereocenters. The minimum absolute atomic E-state index is 0.00200. The summed E-state index contributed by atoms with van der Waals surface area (Å²) in [5.74, 6) is -1.19. The highest BCUT2D eigenvalue weighted by Gasteiger charge is 2.23. The van der Waals surface area contributed by atoms with Gasteiger partial charge in [0.2, 0.25) is 0 Å². The van der Waals surface area contributed by atoms with E-state index in [1.165, 1.54) is 12.1 Å². The molecule has 0 spiro atoms. The number of carbonyl (C=O) groups excluding carboxylic acids is 1. The lowest BCUT2D eigenvalue weighted by Gasteiger charge is -2.13. The molecular weight excluding hydrogens is 410 g/mol. The van der Waals surface area contributed by atoms with Crippen molar-refractivity contribution < 1.29 is 23.2 Å². The SMILES string of the molecule is Cc1ccc(NC(=O)c2ccccc2NS(=O)(=O)c2ccc(O)c([N+](=O)[O-])c2)cc1. The molecule has 0 saturated carbocycles. The van der Waals surface area contributed by atoms with E-state index in [-0.39, 0.29) is 11.3 Å². The number of phenols is 1. The molecule has 30 heavy (non-hydrogen) atoms. The molecular formula is C20H17N3O6S. The number of hydrogen-bond acceptors (Lipinski definition) is 6. The molecule has 0 aliphatic heterocycles. The maximum atomic E-state index is 12.7. The normalized spacial score (nSPS) is 11.0. The second-order valence-corrected chi connectivity index (χ2v) is 8.06. The van der Waals surface area contributed by atoms with E-state index in [9.17, 15) is 28.4 Å². The number of para-hydroxylation sites is 1. The van der Waals surface area contributed by atoms with Gasteiger partial charge in [-0.3, -0.25) is 19.6 Å². The molecule has 1 amide bonds. The number of benzene rings is 3. The van der Waals surface area contributed by atoms with Crippen LogP contribution in [0.5, 0.6) is 5.75 Å². The predicted molar refractivity (Wildman–Crippen MR) is 111 cm³/mol. The molecule has 0 aliphatic rings. The molecule has 0 bridgehead atoms. The Bertz CT molecular complexity index is 1220. The number of nitrogens with zero attached hydrogens (tertiary/aromatic N) is 1. The Morgan fingerprint density at radius 3 is 2.37 bits per heavy atom. The summed E-state index contributed by atoms with van der Waals surface area (Å²) in [6, 6.07) is 15.7. The van der Waals surface area contributed by atoms with Crippen LogP contribution < -0.4 is 10.0 Å². The molecule has 9 nitrogen and oxygen atoms in total. The van der Waals surface area contributed by atoms with Crippen molar-refractivity contribution in [3.8, 4) is 5.75 Å². The molecule has 0 atom stereocenters. The highest BCUT2D eigenvalue weighted by atomic mass is 32.2. The number of nitro benzene ring substituents is 1.